The standard InChI is InChI=1S/C13H10N4O/c1-2-6-11(7-3-1)15-13-17-16-12(18-13)10-5-4-8-14-9-10/h1-9H,(H,15,17). The molecule has 2 aromatic heterocycles. The lowest BCUT2D eigenvalue weighted by molar-refractivity contribution is 0.587. The van der Waals surface area contributed by atoms with Crippen molar-refractivity contribution in [3.8, 4) is 11.5 Å². The van der Waals surface area contributed by atoms with Crippen molar-refractivity contribution in [2.75, 3.05) is 5.32 Å². The molecular formula is C13H10N4O. The molecular weight excluding hydrogens is 228 g/mol. The smallest absolute Gasteiger partial charge is 0.320 e. The van der Waals surface area contributed by atoms with Crippen molar-refractivity contribution < 1.29 is 4.42 Å². The second-order valence-electron chi connectivity index (χ2n) is 3.65. The van der Waals surface area contributed by atoms with Gasteiger partial charge < -0.3 is 9.73 Å². The number of benzene rings is 1. The monoisotopic (exact) mass is 238 g/mol. The fourth-order valence-electron chi connectivity index (χ4n) is 1.52. The number of nitrogens with zero attached hydrogens (tertiary/aromatic N) is 3. The van der Waals surface area contributed by atoms with Gasteiger partial charge in [0.05, 0.1) is 5.56 Å². The Labute approximate surface area is 104 Å². The van der Waals surface area contributed by atoms with E-state index in [4.69, 9.17) is 4.42 Å². The van der Waals surface area contributed by atoms with E-state index in [1.807, 2.05) is 42.5 Å². The van der Waals surface area contributed by atoms with Gasteiger partial charge in [-0.2, -0.15) is 0 Å². The van der Waals surface area contributed by atoms with Crippen LogP contribution in [0.15, 0.2) is 59.3 Å². The van der Waals surface area contributed by atoms with E-state index >= 15 is 0 Å². The lowest BCUT2D eigenvalue weighted by atomic mass is 10.3. The Bertz CT molecular complexity index is 622. The van der Waals surface area contributed by atoms with E-state index < -0.39 is 0 Å². The van der Waals surface area contributed by atoms with Gasteiger partial charge in [0.2, 0.25) is 0 Å². The van der Waals surface area contributed by atoms with Gasteiger partial charge >= 0.3 is 6.01 Å². The molecule has 3 rings (SSSR count). The van der Waals surface area contributed by atoms with Gasteiger partial charge in [-0.25, -0.2) is 0 Å². The molecule has 88 valence electrons. The minimum Gasteiger partial charge on any atom is -0.403 e. The summed E-state index contributed by atoms with van der Waals surface area (Å²) in [5.74, 6) is 0.446. The summed E-state index contributed by atoms with van der Waals surface area (Å²) in [5.41, 5.74) is 1.70. The lowest BCUT2D eigenvalue weighted by Crippen LogP contribution is -1.88. The first-order valence-corrected chi connectivity index (χ1v) is 5.48. The van der Waals surface area contributed by atoms with Crippen LogP contribution in [-0.4, -0.2) is 15.2 Å². The van der Waals surface area contributed by atoms with E-state index in [9.17, 15) is 0 Å². The number of hydrogen-bond donors (Lipinski definition) is 1. The zero-order chi connectivity index (χ0) is 12.2. The fraction of sp³-hybridized carbons (Fsp3) is 0. The molecule has 0 bridgehead atoms. The molecule has 0 atom stereocenters. The predicted octanol–water partition coefficient (Wildman–Crippen LogP) is 2.88. The molecule has 3 aromatic rings. The van der Waals surface area contributed by atoms with Crippen molar-refractivity contribution in [2.45, 2.75) is 0 Å². The highest BCUT2D eigenvalue weighted by molar-refractivity contribution is 5.55. The molecule has 18 heavy (non-hydrogen) atoms. The SMILES string of the molecule is c1ccc(Nc2nnc(-c3cccnc3)o2)cc1. The Hall–Kier alpha value is -2.69. The highest BCUT2D eigenvalue weighted by atomic mass is 16.4. The summed E-state index contributed by atoms with van der Waals surface area (Å²) in [7, 11) is 0. The van der Waals surface area contributed by atoms with Crippen LogP contribution in [0.4, 0.5) is 11.7 Å². The Morgan fingerprint density at radius 2 is 1.83 bits per heavy atom. The molecule has 0 saturated heterocycles. The third-order valence-electron chi connectivity index (χ3n) is 2.36. The first-order chi connectivity index (χ1) is 8.92. The van der Waals surface area contributed by atoms with Gasteiger partial charge in [-0.1, -0.05) is 23.3 Å². The van der Waals surface area contributed by atoms with Crippen LogP contribution >= 0.6 is 0 Å². The van der Waals surface area contributed by atoms with E-state index in [0.29, 0.717) is 11.9 Å². The molecule has 1 aromatic carbocycles. The average Bonchev–Trinajstić information content (AvgIpc) is 2.89. The summed E-state index contributed by atoms with van der Waals surface area (Å²) in [6.45, 7) is 0. The van der Waals surface area contributed by atoms with Crippen LogP contribution in [0.1, 0.15) is 0 Å². The van der Waals surface area contributed by atoms with Gasteiger partial charge in [-0.05, 0) is 24.3 Å². The molecule has 0 aliphatic rings. The number of para-hydroxylation sites is 1. The van der Waals surface area contributed by atoms with Gasteiger partial charge in [0.1, 0.15) is 0 Å². The Balaban J connectivity index is 1.82. The first-order valence-electron chi connectivity index (χ1n) is 5.48. The van der Waals surface area contributed by atoms with Crippen molar-refractivity contribution in [1.29, 1.82) is 0 Å². The fourth-order valence-corrected chi connectivity index (χ4v) is 1.52. The van der Waals surface area contributed by atoms with Gasteiger partial charge in [0.15, 0.2) is 0 Å². The number of hydrogen-bond acceptors (Lipinski definition) is 5. The summed E-state index contributed by atoms with van der Waals surface area (Å²) >= 11 is 0. The summed E-state index contributed by atoms with van der Waals surface area (Å²) in [6, 6.07) is 13.7. The second kappa shape index (κ2) is 4.67. The van der Waals surface area contributed by atoms with Crippen LogP contribution in [0.3, 0.4) is 0 Å². The van der Waals surface area contributed by atoms with E-state index in [-0.39, 0.29) is 0 Å². The third kappa shape index (κ3) is 2.20. The Morgan fingerprint density at radius 3 is 2.61 bits per heavy atom. The number of pyridine rings is 1. The summed E-state index contributed by atoms with van der Waals surface area (Å²) in [5, 5.41) is 10.9. The highest BCUT2D eigenvalue weighted by Gasteiger charge is 2.07. The maximum Gasteiger partial charge on any atom is 0.320 e. The highest BCUT2D eigenvalue weighted by Crippen LogP contribution is 2.20. The van der Waals surface area contributed by atoms with E-state index in [0.717, 1.165) is 11.3 Å². The topological polar surface area (TPSA) is 63.8 Å². The molecule has 5 heteroatoms. The Kier molecular flexibility index (Phi) is 2.71. The molecule has 0 saturated carbocycles. The van der Waals surface area contributed by atoms with E-state index in [1.165, 1.54) is 0 Å². The quantitative estimate of drug-likeness (QED) is 0.760. The summed E-state index contributed by atoms with van der Waals surface area (Å²) in [6.07, 6.45) is 3.38. The maximum atomic E-state index is 5.50. The summed E-state index contributed by atoms with van der Waals surface area (Å²) in [4.78, 5) is 4.01. The zero-order valence-electron chi connectivity index (χ0n) is 9.45. The van der Waals surface area contributed by atoms with Crippen molar-refractivity contribution >= 4 is 11.7 Å². The van der Waals surface area contributed by atoms with Crippen LogP contribution < -0.4 is 5.32 Å². The zero-order valence-corrected chi connectivity index (χ0v) is 9.45. The van der Waals surface area contributed by atoms with Crippen LogP contribution in [0.2, 0.25) is 0 Å². The first kappa shape index (κ1) is 10.5. The molecule has 2 heterocycles. The van der Waals surface area contributed by atoms with Crippen molar-refractivity contribution in [1.82, 2.24) is 15.2 Å². The maximum absolute atomic E-state index is 5.50. The molecule has 0 fully saturated rings. The molecule has 0 spiro atoms. The summed E-state index contributed by atoms with van der Waals surface area (Å²) < 4.78 is 5.50. The van der Waals surface area contributed by atoms with Crippen molar-refractivity contribution in [3.05, 3.63) is 54.9 Å². The molecule has 0 aliphatic heterocycles. The third-order valence-corrected chi connectivity index (χ3v) is 2.36. The minimum atomic E-state index is 0.361. The van der Waals surface area contributed by atoms with Crippen molar-refractivity contribution in [2.24, 2.45) is 0 Å². The van der Waals surface area contributed by atoms with Gasteiger partial charge in [-0.3, -0.25) is 4.98 Å². The molecule has 0 radical (unpaired) electrons. The molecule has 0 amide bonds. The van der Waals surface area contributed by atoms with Crippen LogP contribution in [0, 0.1) is 0 Å². The van der Waals surface area contributed by atoms with E-state index in [2.05, 4.69) is 20.5 Å². The van der Waals surface area contributed by atoms with E-state index in [1.54, 1.807) is 12.4 Å². The van der Waals surface area contributed by atoms with Crippen LogP contribution in [0.25, 0.3) is 11.5 Å². The molecule has 0 aliphatic carbocycles. The largest absolute Gasteiger partial charge is 0.403 e. The minimum absolute atomic E-state index is 0.361. The normalized spacial score (nSPS) is 10.2. The second-order valence-corrected chi connectivity index (χ2v) is 3.65. The molecule has 1 N–H and O–H groups in total. The lowest BCUT2D eigenvalue weighted by Gasteiger charge is -1.98. The van der Waals surface area contributed by atoms with Crippen molar-refractivity contribution in [3.63, 3.8) is 0 Å². The number of aromatic nitrogens is 3. The average molecular weight is 238 g/mol. The van der Waals surface area contributed by atoms with Gasteiger partial charge in [-0.15, -0.1) is 5.10 Å². The van der Waals surface area contributed by atoms with Gasteiger partial charge in [0, 0.05) is 18.1 Å². The van der Waals surface area contributed by atoms with Gasteiger partial charge in [0.25, 0.3) is 5.89 Å². The van der Waals surface area contributed by atoms with Crippen LogP contribution in [-0.2, 0) is 0 Å². The number of anilines is 2. The predicted molar refractivity (Wildman–Crippen MR) is 67.3 cm³/mol. The molecule has 0 unspecified atom stereocenters. The van der Waals surface area contributed by atoms with Crippen LogP contribution in [0.5, 0.6) is 0 Å². The number of nitrogens with one attached hydrogen (secondary N) is 1. The number of rotatable bonds is 3. The molecule has 5 nitrogen and oxygen atoms in total. The Morgan fingerprint density at radius 1 is 0.944 bits per heavy atom.